The first-order chi connectivity index (χ1) is 10.1. The third-order valence-electron chi connectivity index (χ3n) is 3.91. The summed E-state index contributed by atoms with van der Waals surface area (Å²) in [6.45, 7) is 2.68. The van der Waals surface area contributed by atoms with Crippen LogP contribution in [0.1, 0.15) is 17.3 Å². The summed E-state index contributed by atoms with van der Waals surface area (Å²) in [6.07, 6.45) is 1.39. The summed E-state index contributed by atoms with van der Waals surface area (Å²) in [7, 11) is 0. The van der Waals surface area contributed by atoms with Crippen molar-refractivity contribution in [3.05, 3.63) is 30.0 Å². The molecule has 1 saturated heterocycles. The van der Waals surface area contributed by atoms with Gasteiger partial charge in [-0.1, -0.05) is 0 Å². The molecular formula is C15H19N3O3. The number of ether oxygens (including phenoxy) is 1. The molecule has 2 heterocycles. The number of benzene rings is 1. The molecule has 0 saturated carbocycles. The van der Waals surface area contributed by atoms with Gasteiger partial charge in [0, 0.05) is 29.3 Å². The largest absolute Gasteiger partial charge is 0.399 e. The minimum atomic E-state index is -0.319. The topological polar surface area (TPSA) is 91.6 Å². The number of fused-ring (bicyclic) bond motifs is 1. The lowest BCUT2D eigenvalue weighted by Gasteiger charge is -2.37. The number of nitrogens with two attached hydrogens (primary N) is 1. The van der Waals surface area contributed by atoms with E-state index in [-0.39, 0.29) is 24.7 Å². The van der Waals surface area contributed by atoms with Crippen molar-refractivity contribution < 1.29 is 14.6 Å². The normalized spacial score (nSPS) is 22.7. The summed E-state index contributed by atoms with van der Waals surface area (Å²) >= 11 is 0. The molecule has 0 spiro atoms. The maximum atomic E-state index is 12.8. The molecule has 4 N–H and O–H groups in total. The van der Waals surface area contributed by atoms with Crippen molar-refractivity contribution in [1.29, 1.82) is 0 Å². The fraction of sp³-hybridized carbons (Fsp3) is 0.400. The number of amides is 1. The number of anilines is 1. The fourth-order valence-corrected chi connectivity index (χ4v) is 2.68. The van der Waals surface area contributed by atoms with E-state index in [9.17, 15) is 9.90 Å². The number of aliphatic hydroxyl groups excluding tert-OH is 1. The van der Waals surface area contributed by atoms with Gasteiger partial charge in [0.25, 0.3) is 5.91 Å². The lowest BCUT2D eigenvalue weighted by molar-refractivity contribution is -0.0666. The van der Waals surface area contributed by atoms with Crippen LogP contribution < -0.4 is 5.73 Å². The summed E-state index contributed by atoms with van der Waals surface area (Å²) < 4.78 is 5.47. The van der Waals surface area contributed by atoms with Gasteiger partial charge in [-0.3, -0.25) is 4.79 Å². The molecule has 0 radical (unpaired) electrons. The predicted molar refractivity (Wildman–Crippen MR) is 80.0 cm³/mol. The first-order valence-corrected chi connectivity index (χ1v) is 7.00. The zero-order chi connectivity index (χ0) is 15.0. The van der Waals surface area contributed by atoms with Gasteiger partial charge in [0.15, 0.2) is 0 Å². The van der Waals surface area contributed by atoms with E-state index in [4.69, 9.17) is 10.5 Å². The van der Waals surface area contributed by atoms with Crippen LogP contribution in [0.5, 0.6) is 0 Å². The quantitative estimate of drug-likeness (QED) is 0.718. The molecule has 6 nitrogen and oxygen atoms in total. The Morgan fingerprint density at radius 3 is 3.14 bits per heavy atom. The van der Waals surface area contributed by atoms with Crippen LogP contribution in [-0.4, -0.2) is 52.8 Å². The zero-order valence-corrected chi connectivity index (χ0v) is 11.9. The second kappa shape index (κ2) is 5.38. The minimum absolute atomic E-state index is 0.0219. The smallest absolute Gasteiger partial charge is 0.256 e. The van der Waals surface area contributed by atoms with E-state index in [0.29, 0.717) is 24.4 Å². The number of hydrogen-bond acceptors (Lipinski definition) is 4. The average molecular weight is 289 g/mol. The van der Waals surface area contributed by atoms with E-state index in [1.807, 2.05) is 13.0 Å². The number of H-pyrrole nitrogens is 1. The number of nitrogens with zero attached hydrogens (tertiary/aromatic N) is 1. The second-order valence-electron chi connectivity index (χ2n) is 5.45. The van der Waals surface area contributed by atoms with Crippen molar-refractivity contribution in [2.75, 3.05) is 25.5 Å². The molecule has 2 unspecified atom stereocenters. The number of nitrogens with one attached hydrogen (secondary N) is 1. The molecule has 1 amide bonds. The number of nitrogen functional groups attached to an aromatic ring is 1. The van der Waals surface area contributed by atoms with Crippen LogP contribution in [0.15, 0.2) is 24.4 Å². The molecule has 2 aromatic rings. The number of rotatable bonds is 2. The Morgan fingerprint density at radius 1 is 1.57 bits per heavy atom. The van der Waals surface area contributed by atoms with E-state index < -0.39 is 0 Å². The van der Waals surface area contributed by atoms with Gasteiger partial charge < -0.3 is 25.5 Å². The van der Waals surface area contributed by atoms with Gasteiger partial charge in [-0.25, -0.2) is 0 Å². The predicted octanol–water partition coefficient (Wildman–Crippen LogP) is 0.972. The number of aromatic amines is 1. The van der Waals surface area contributed by atoms with Crippen molar-refractivity contribution in [1.82, 2.24) is 9.88 Å². The third kappa shape index (κ3) is 2.48. The molecular weight excluding hydrogens is 270 g/mol. The Bertz CT molecular complexity index is 667. The SMILES string of the molecule is CC1COC(CO)CN1C(=O)c1c[nH]c2ccc(N)cc12. The van der Waals surface area contributed by atoms with E-state index >= 15 is 0 Å². The molecule has 0 bridgehead atoms. The summed E-state index contributed by atoms with van der Waals surface area (Å²) in [5, 5.41) is 10.0. The number of aromatic nitrogens is 1. The first kappa shape index (κ1) is 13.9. The van der Waals surface area contributed by atoms with Crippen LogP contribution in [0.2, 0.25) is 0 Å². The molecule has 3 rings (SSSR count). The number of carbonyl (C=O) groups is 1. The van der Waals surface area contributed by atoms with Gasteiger partial charge in [-0.2, -0.15) is 0 Å². The molecule has 1 fully saturated rings. The highest BCUT2D eigenvalue weighted by atomic mass is 16.5. The van der Waals surface area contributed by atoms with Gasteiger partial charge in [-0.05, 0) is 25.1 Å². The zero-order valence-electron chi connectivity index (χ0n) is 11.9. The Hall–Kier alpha value is -2.05. The van der Waals surface area contributed by atoms with Crippen LogP contribution in [0.25, 0.3) is 10.9 Å². The van der Waals surface area contributed by atoms with Crippen LogP contribution >= 0.6 is 0 Å². The van der Waals surface area contributed by atoms with Crippen molar-refractivity contribution in [3.63, 3.8) is 0 Å². The molecule has 1 aromatic carbocycles. The fourth-order valence-electron chi connectivity index (χ4n) is 2.68. The van der Waals surface area contributed by atoms with Crippen molar-refractivity contribution in [2.24, 2.45) is 0 Å². The van der Waals surface area contributed by atoms with Gasteiger partial charge in [0.1, 0.15) is 0 Å². The summed E-state index contributed by atoms with van der Waals surface area (Å²) in [4.78, 5) is 17.6. The van der Waals surface area contributed by atoms with Gasteiger partial charge in [-0.15, -0.1) is 0 Å². The maximum absolute atomic E-state index is 12.8. The van der Waals surface area contributed by atoms with Crippen molar-refractivity contribution in [2.45, 2.75) is 19.1 Å². The molecule has 21 heavy (non-hydrogen) atoms. The van der Waals surface area contributed by atoms with Crippen molar-refractivity contribution in [3.8, 4) is 0 Å². The van der Waals surface area contributed by atoms with Crippen LogP contribution in [0.3, 0.4) is 0 Å². The lowest BCUT2D eigenvalue weighted by atomic mass is 10.1. The number of aliphatic hydroxyl groups is 1. The second-order valence-corrected chi connectivity index (χ2v) is 5.45. The Kier molecular flexibility index (Phi) is 3.57. The van der Waals surface area contributed by atoms with E-state index in [1.165, 1.54) is 0 Å². The molecule has 2 atom stereocenters. The Morgan fingerprint density at radius 2 is 2.38 bits per heavy atom. The highest BCUT2D eigenvalue weighted by Crippen LogP contribution is 2.24. The highest BCUT2D eigenvalue weighted by Gasteiger charge is 2.30. The van der Waals surface area contributed by atoms with E-state index in [0.717, 1.165) is 10.9 Å². The Labute approximate surface area is 122 Å². The van der Waals surface area contributed by atoms with Gasteiger partial charge >= 0.3 is 0 Å². The molecule has 0 aliphatic carbocycles. The number of morpholine rings is 1. The molecule has 1 aliphatic heterocycles. The number of carbonyl (C=O) groups excluding carboxylic acids is 1. The van der Waals surface area contributed by atoms with Crippen LogP contribution in [0.4, 0.5) is 5.69 Å². The van der Waals surface area contributed by atoms with E-state index in [1.54, 1.807) is 23.2 Å². The van der Waals surface area contributed by atoms with Gasteiger partial charge in [0.05, 0.1) is 30.9 Å². The standard InChI is InChI=1S/C15H19N3O3/c1-9-8-21-11(7-19)6-18(9)15(20)13-5-17-14-3-2-10(16)4-12(13)14/h2-5,9,11,17,19H,6-8,16H2,1H3. The lowest BCUT2D eigenvalue weighted by Crippen LogP contribution is -2.52. The third-order valence-corrected chi connectivity index (χ3v) is 3.91. The monoisotopic (exact) mass is 289 g/mol. The van der Waals surface area contributed by atoms with E-state index in [2.05, 4.69) is 4.98 Å². The highest BCUT2D eigenvalue weighted by molar-refractivity contribution is 6.07. The summed E-state index contributed by atoms with van der Waals surface area (Å²) in [6, 6.07) is 5.44. The van der Waals surface area contributed by atoms with Gasteiger partial charge in [0.2, 0.25) is 0 Å². The van der Waals surface area contributed by atoms with Crippen LogP contribution in [0, 0.1) is 0 Å². The van der Waals surface area contributed by atoms with Crippen LogP contribution in [-0.2, 0) is 4.74 Å². The molecule has 1 aliphatic rings. The minimum Gasteiger partial charge on any atom is -0.399 e. The molecule has 6 heteroatoms. The molecule has 112 valence electrons. The molecule has 1 aromatic heterocycles. The maximum Gasteiger partial charge on any atom is 0.256 e. The first-order valence-electron chi connectivity index (χ1n) is 7.00. The average Bonchev–Trinajstić information content (AvgIpc) is 2.90. The summed E-state index contributed by atoms with van der Waals surface area (Å²) in [5.74, 6) is -0.0684. The van der Waals surface area contributed by atoms with Crippen molar-refractivity contribution >= 4 is 22.5 Å². The number of hydrogen-bond donors (Lipinski definition) is 3. The Balaban J connectivity index is 1.94. The summed E-state index contributed by atoms with van der Waals surface area (Å²) in [5.41, 5.74) is 7.92.